The molecule has 0 spiro atoms. The van der Waals surface area contributed by atoms with E-state index in [0.29, 0.717) is 28.6 Å². The van der Waals surface area contributed by atoms with Crippen LogP contribution >= 0.6 is 0 Å². The van der Waals surface area contributed by atoms with Crippen molar-refractivity contribution in [3.8, 4) is 16.9 Å². The number of para-hydroxylation sites is 1. The van der Waals surface area contributed by atoms with Crippen LogP contribution in [0, 0.1) is 5.92 Å². The summed E-state index contributed by atoms with van der Waals surface area (Å²) in [6.07, 6.45) is 4.02. The largest absolute Gasteiger partial charge is 0.496 e. The van der Waals surface area contributed by atoms with Gasteiger partial charge in [-0.1, -0.05) is 25.1 Å². The lowest BCUT2D eigenvalue weighted by molar-refractivity contribution is 0.416. The molecule has 1 aliphatic rings. The number of anilines is 1. The molecule has 1 atom stereocenters. The number of fused-ring (bicyclic) bond motifs is 1. The summed E-state index contributed by atoms with van der Waals surface area (Å²) in [5, 5.41) is 0.491. The minimum Gasteiger partial charge on any atom is -0.496 e. The minimum atomic E-state index is -0.169. The summed E-state index contributed by atoms with van der Waals surface area (Å²) in [4.78, 5) is 27.0. The number of hydrogen-bond donors (Lipinski definition) is 1. The number of piperidine rings is 1. The van der Waals surface area contributed by atoms with E-state index in [1.807, 2.05) is 30.3 Å². The third-order valence-corrected chi connectivity index (χ3v) is 4.95. The first-order valence-electron chi connectivity index (χ1n) is 8.94. The number of rotatable bonds is 3. The lowest BCUT2D eigenvalue weighted by Gasteiger charge is -2.31. The Hall–Kier alpha value is -2.89. The Morgan fingerprint density at radius 1 is 1.23 bits per heavy atom. The molecule has 4 rings (SSSR count). The van der Waals surface area contributed by atoms with E-state index in [2.05, 4.69) is 26.8 Å². The summed E-state index contributed by atoms with van der Waals surface area (Å²) in [7, 11) is 1.63. The number of nitrogens with zero attached hydrogens (tertiary/aromatic N) is 3. The topological polar surface area (TPSA) is 71.1 Å². The Labute approximate surface area is 151 Å². The molecular weight excluding hydrogens is 328 g/mol. The van der Waals surface area contributed by atoms with Gasteiger partial charge in [0.2, 0.25) is 5.95 Å². The molecule has 0 bridgehead atoms. The van der Waals surface area contributed by atoms with Gasteiger partial charge in [0.1, 0.15) is 5.75 Å². The highest BCUT2D eigenvalue weighted by molar-refractivity contribution is 5.93. The average Bonchev–Trinajstić information content (AvgIpc) is 2.67. The lowest BCUT2D eigenvalue weighted by atomic mass is 10.0. The third kappa shape index (κ3) is 2.92. The molecule has 6 heteroatoms. The van der Waals surface area contributed by atoms with Gasteiger partial charge in [-0.15, -0.1) is 0 Å². The van der Waals surface area contributed by atoms with Crippen molar-refractivity contribution < 1.29 is 4.74 Å². The van der Waals surface area contributed by atoms with E-state index in [0.717, 1.165) is 30.6 Å². The van der Waals surface area contributed by atoms with Crippen LogP contribution < -0.4 is 15.2 Å². The van der Waals surface area contributed by atoms with Crippen molar-refractivity contribution in [3.63, 3.8) is 0 Å². The fourth-order valence-electron chi connectivity index (χ4n) is 3.67. The van der Waals surface area contributed by atoms with E-state index in [-0.39, 0.29) is 5.56 Å². The number of aromatic amines is 1. The number of methoxy groups -OCH3 is 1. The van der Waals surface area contributed by atoms with Crippen molar-refractivity contribution in [2.45, 2.75) is 19.8 Å². The predicted molar refractivity (Wildman–Crippen MR) is 103 cm³/mol. The van der Waals surface area contributed by atoms with Crippen LogP contribution in [0.5, 0.6) is 5.75 Å². The molecule has 0 aliphatic carbocycles. The van der Waals surface area contributed by atoms with Gasteiger partial charge >= 0.3 is 0 Å². The normalized spacial score (nSPS) is 17.5. The zero-order valence-corrected chi connectivity index (χ0v) is 15.0. The summed E-state index contributed by atoms with van der Waals surface area (Å²) >= 11 is 0. The van der Waals surface area contributed by atoms with Gasteiger partial charge in [-0.3, -0.25) is 9.78 Å². The third-order valence-electron chi connectivity index (χ3n) is 4.95. The first-order chi connectivity index (χ1) is 12.7. The Morgan fingerprint density at radius 2 is 2.08 bits per heavy atom. The monoisotopic (exact) mass is 350 g/mol. The summed E-state index contributed by atoms with van der Waals surface area (Å²) < 4.78 is 5.46. The Morgan fingerprint density at radius 3 is 2.88 bits per heavy atom. The zero-order chi connectivity index (χ0) is 18.1. The summed E-state index contributed by atoms with van der Waals surface area (Å²) in [6.45, 7) is 4.04. The van der Waals surface area contributed by atoms with E-state index in [1.165, 1.54) is 6.42 Å². The van der Waals surface area contributed by atoms with Gasteiger partial charge in [0, 0.05) is 30.4 Å². The standard InChI is InChI=1S/C20H22N4O2/c1-13-6-5-11-24(12-13)20-22-18-17(19(25)23-20)15(9-10-21-18)14-7-3-4-8-16(14)26-2/h3-4,7-10,13H,5-6,11-12H2,1-2H3,(H,21,22,23,25). The maximum absolute atomic E-state index is 12.9. The van der Waals surface area contributed by atoms with E-state index in [4.69, 9.17) is 4.74 Å². The fourth-order valence-corrected chi connectivity index (χ4v) is 3.67. The molecule has 134 valence electrons. The maximum atomic E-state index is 12.9. The van der Waals surface area contributed by atoms with Crippen molar-refractivity contribution >= 4 is 17.0 Å². The summed E-state index contributed by atoms with van der Waals surface area (Å²) in [5.41, 5.74) is 1.93. The second-order valence-electron chi connectivity index (χ2n) is 6.84. The number of H-pyrrole nitrogens is 1. The van der Waals surface area contributed by atoms with Crippen molar-refractivity contribution in [3.05, 3.63) is 46.9 Å². The van der Waals surface area contributed by atoms with Crippen molar-refractivity contribution in [2.75, 3.05) is 25.1 Å². The highest BCUT2D eigenvalue weighted by atomic mass is 16.5. The van der Waals surface area contributed by atoms with E-state index < -0.39 is 0 Å². The molecule has 1 saturated heterocycles. The van der Waals surface area contributed by atoms with Gasteiger partial charge in [-0.2, -0.15) is 4.98 Å². The van der Waals surface area contributed by atoms with Gasteiger partial charge in [0.15, 0.2) is 5.65 Å². The molecule has 1 unspecified atom stereocenters. The first-order valence-corrected chi connectivity index (χ1v) is 8.94. The van der Waals surface area contributed by atoms with Gasteiger partial charge in [0.05, 0.1) is 12.5 Å². The number of ether oxygens (including phenoxy) is 1. The fraction of sp³-hybridized carbons (Fsp3) is 0.350. The lowest BCUT2D eigenvalue weighted by Crippen LogP contribution is -2.36. The van der Waals surface area contributed by atoms with Crippen molar-refractivity contribution in [1.82, 2.24) is 15.0 Å². The highest BCUT2D eigenvalue weighted by Gasteiger charge is 2.20. The highest BCUT2D eigenvalue weighted by Crippen LogP contribution is 2.32. The number of hydrogen-bond acceptors (Lipinski definition) is 5. The molecule has 1 fully saturated rings. The predicted octanol–water partition coefficient (Wildman–Crippen LogP) is 3.23. The Balaban J connectivity index is 1.86. The minimum absolute atomic E-state index is 0.169. The van der Waals surface area contributed by atoms with E-state index >= 15 is 0 Å². The zero-order valence-electron chi connectivity index (χ0n) is 15.0. The molecule has 0 saturated carbocycles. The van der Waals surface area contributed by atoms with E-state index in [9.17, 15) is 4.79 Å². The summed E-state index contributed by atoms with van der Waals surface area (Å²) in [6, 6.07) is 9.48. The van der Waals surface area contributed by atoms with Gasteiger partial charge in [-0.05, 0) is 30.9 Å². The molecular formula is C20H22N4O2. The SMILES string of the molecule is COc1ccccc1-c1ccnc2nc(N3CCCC(C)C3)[nH]c(=O)c12. The number of benzene rings is 1. The molecule has 1 aliphatic heterocycles. The van der Waals surface area contributed by atoms with Gasteiger partial charge in [-0.25, -0.2) is 4.98 Å². The molecule has 2 aromatic heterocycles. The van der Waals surface area contributed by atoms with Crippen LogP contribution in [0.3, 0.4) is 0 Å². The molecule has 0 radical (unpaired) electrons. The second kappa shape index (κ2) is 6.78. The molecule has 1 N–H and O–H groups in total. The average molecular weight is 350 g/mol. The second-order valence-corrected chi connectivity index (χ2v) is 6.84. The number of aromatic nitrogens is 3. The van der Waals surface area contributed by atoms with E-state index in [1.54, 1.807) is 13.3 Å². The van der Waals surface area contributed by atoms with Crippen LogP contribution in [0.25, 0.3) is 22.2 Å². The smallest absolute Gasteiger partial charge is 0.262 e. The first kappa shape index (κ1) is 16.6. The Kier molecular flexibility index (Phi) is 4.32. The van der Waals surface area contributed by atoms with Crippen LogP contribution in [0.15, 0.2) is 41.3 Å². The molecule has 1 aromatic carbocycles. The molecule has 3 aromatic rings. The molecule has 0 amide bonds. The van der Waals surface area contributed by atoms with Gasteiger partial charge < -0.3 is 9.64 Å². The van der Waals surface area contributed by atoms with Crippen molar-refractivity contribution in [1.29, 1.82) is 0 Å². The quantitative estimate of drug-likeness (QED) is 0.785. The van der Waals surface area contributed by atoms with Crippen LogP contribution in [-0.4, -0.2) is 35.2 Å². The summed E-state index contributed by atoms with van der Waals surface area (Å²) in [5.74, 6) is 1.92. The van der Waals surface area contributed by atoms with Crippen molar-refractivity contribution in [2.24, 2.45) is 5.92 Å². The molecule has 6 nitrogen and oxygen atoms in total. The molecule has 3 heterocycles. The van der Waals surface area contributed by atoms with Crippen LogP contribution in [-0.2, 0) is 0 Å². The number of nitrogens with one attached hydrogen (secondary N) is 1. The van der Waals surface area contributed by atoms with Gasteiger partial charge in [0.25, 0.3) is 5.56 Å². The Bertz CT molecular complexity index is 999. The number of pyridine rings is 1. The van der Waals surface area contributed by atoms with Crippen LogP contribution in [0.4, 0.5) is 5.95 Å². The van der Waals surface area contributed by atoms with Crippen LogP contribution in [0.1, 0.15) is 19.8 Å². The van der Waals surface area contributed by atoms with Crippen LogP contribution in [0.2, 0.25) is 0 Å². The maximum Gasteiger partial charge on any atom is 0.262 e. The molecule has 26 heavy (non-hydrogen) atoms.